The van der Waals surface area contributed by atoms with E-state index in [1.54, 1.807) is 0 Å². The van der Waals surface area contributed by atoms with Crippen molar-refractivity contribution in [2.75, 3.05) is 5.32 Å². The van der Waals surface area contributed by atoms with Crippen molar-refractivity contribution in [3.05, 3.63) is 83.9 Å². The largest absolute Gasteiger partial charge is 0.505 e. The third-order valence-electron chi connectivity index (χ3n) is 6.78. The Morgan fingerprint density at radius 3 is 1.84 bits per heavy atom. The number of amides is 2. The lowest BCUT2D eigenvalue weighted by Gasteiger charge is -2.11. The zero-order valence-corrected chi connectivity index (χ0v) is 25.8. The maximum Gasteiger partial charge on any atom is 0.335 e. The maximum absolute atomic E-state index is 12.3. The monoisotopic (exact) mass is 708 g/mol. The van der Waals surface area contributed by atoms with E-state index in [9.17, 15) is 55.6 Å². The third kappa shape index (κ3) is 7.31. The zero-order chi connectivity index (χ0) is 35.8. The van der Waals surface area contributed by atoms with E-state index in [0.717, 1.165) is 36.4 Å². The molecule has 0 aromatic heterocycles. The summed E-state index contributed by atoms with van der Waals surface area (Å²) in [6, 6.07) is 12.8. The Hall–Kier alpha value is -6.35. The minimum absolute atomic E-state index is 0.0102. The van der Waals surface area contributed by atoms with Crippen LogP contribution in [0.1, 0.15) is 20.7 Å². The number of carbonyl (C=O) groups is 3. The van der Waals surface area contributed by atoms with Crippen LogP contribution in [0.2, 0.25) is 0 Å². The highest BCUT2D eigenvalue weighted by atomic mass is 32.2. The zero-order valence-electron chi connectivity index (χ0n) is 24.2. The molecule has 49 heavy (non-hydrogen) atoms. The van der Waals surface area contributed by atoms with E-state index in [0.29, 0.717) is 0 Å². The molecule has 2 amide bonds. The number of hydrogen-bond acceptors (Lipinski definition) is 12. The highest BCUT2D eigenvalue weighted by Gasteiger charge is 2.23. The number of nitrogens with zero attached hydrogens (tertiary/aromatic N) is 4. The van der Waals surface area contributed by atoms with Crippen molar-refractivity contribution in [2.45, 2.75) is 9.79 Å². The van der Waals surface area contributed by atoms with Crippen LogP contribution >= 0.6 is 0 Å². The smallest absolute Gasteiger partial charge is 0.335 e. The minimum atomic E-state index is -5.00. The predicted molar refractivity (Wildman–Crippen MR) is 171 cm³/mol. The van der Waals surface area contributed by atoms with E-state index < -0.39 is 70.6 Å². The fourth-order valence-corrected chi connectivity index (χ4v) is 5.78. The van der Waals surface area contributed by atoms with Crippen LogP contribution in [0.5, 0.6) is 5.75 Å². The van der Waals surface area contributed by atoms with Gasteiger partial charge in [-0.25, -0.2) is 14.4 Å². The number of carboxylic acid groups (broad SMARTS) is 2. The van der Waals surface area contributed by atoms with Gasteiger partial charge in [0.1, 0.15) is 10.6 Å². The van der Waals surface area contributed by atoms with Crippen LogP contribution in [0.4, 0.5) is 33.2 Å². The van der Waals surface area contributed by atoms with Crippen molar-refractivity contribution in [1.29, 1.82) is 0 Å². The number of aromatic carboxylic acids is 2. The van der Waals surface area contributed by atoms with Crippen LogP contribution in [-0.4, -0.2) is 59.2 Å². The summed E-state index contributed by atoms with van der Waals surface area (Å²) < 4.78 is 68.0. The van der Waals surface area contributed by atoms with Gasteiger partial charge in [-0.1, -0.05) is 12.1 Å². The molecule has 5 rings (SSSR count). The number of phenols is 1. The SMILES string of the molecule is NC(=O)Nc1ccc2cc(S(=O)(=O)O)c(N=Nc3ccc(N=Nc4cc(C(=O)O)cc(C(=O)O)c4)c4cc(S(=O)(=O)O)ccc34)c(O)c2c1. The van der Waals surface area contributed by atoms with Gasteiger partial charge in [-0.15, -0.1) is 15.3 Å². The first kappa shape index (κ1) is 34.0. The van der Waals surface area contributed by atoms with Crippen LogP contribution in [0.15, 0.2) is 103 Å². The van der Waals surface area contributed by atoms with Crippen molar-refractivity contribution in [1.82, 2.24) is 0 Å². The summed E-state index contributed by atoms with van der Waals surface area (Å²) in [6.07, 6.45) is 0. The van der Waals surface area contributed by atoms with Gasteiger partial charge in [0, 0.05) is 21.8 Å². The molecule has 0 fully saturated rings. The Morgan fingerprint density at radius 1 is 0.653 bits per heavy atom. The van der Waals surface area contributed by atoms with E-state index in [4.69, 9.17) is 5.73 Å². The molecule has 0 aliphatic heterocycles. The van der Waals surface area contributed by atoms with E-state index in [-0.39, 0.29) is 44.3 Å². The van der Waals surface area contributed by atoms with E-state index >= 15 is 0 Å². The topological polar surface area (TPSA) is 308 Å². The summed E-state index contributed by atoms with van der Waals surface area (Å²) in [6.45, 7) is 0. The minimum Gasteiger partial charge on any atom is -0.505 e. The quantitative estimate of drug-likeness (QED) is 0.0694. The van der Waals surface area contributed by atoms with Crippen LogP contribution in [0.3, 0.4) is 0 Å². The molecule has 0 saturated carbocycles. The van der Waals surface area contributed by atoms with Crippen molar-refractivity contribution >= 4 is 88.2 Å². The summed E-state index contributed by atoms with van der Waals surface area (Å²) in [5, 5.41) is 48.0. The number of nitrogens with one attached hydrogen (secondary N) is 1. The first-order valence-electron chi connectivity index (χ1n) is 13.3. The van der Waals surface area contributed by atoms with Crippen molar-refractivity contribution in [2.24, 2.45) is 26.2 Å². The standard InChI is InChI=1S/C29H20N6O12S2/c30-29(41)31-16-2-1-13-10-24(49(45,46)47)25(26(36)20(13)11-16)35-34-22-5-6-23(21-12-18(48(42,43)44)3-4-19(21)22)33-32-17-8-14(27(37)38)7-15(9-17)28(39)40/h1-12,36H,(H,37,38)(H,39,40)(H3,30,31,41)(H,42,43,44)(H,45,46,47). The second kappa shape index (κ2) is 12.7. The van der Waals surface area contributed by atoms with E-state index in [2.05, 4.69) is 25.8 Å². The molecule has 0 aliphatic carbocycles. The fourth-order valence-electron chi connectivity index (χ4n) is 4.62. The van der Waals surface area contributed by atoms with Crippen molar-refractivity contribution in [3.63, 3.8) is 0 Å². The molecular weight excluding hydrogens is 688 g/mol. The number of anilines is 1. The molecule has 0 heterocycles. The molecule has 0 spiro atoms. The Kier molecular flexibility index (Phi) is 8.80. The van der Waals surface area contributed by atoms with Gasteiger partial charge >= 0.3 is 18.0 Å². The number of aromatic hydroxyl groups is 1. The summed E-state index contributed by atoms with van der Waals surface area (Å²) in [5.74, 6) is -3.63. The van der Waals surface area contributed by atoms with Gasteiger partial charge in [-0.05, 0) is 66.0 Å². The second-order valence-electron chi connectivity index (χ2n) is 10.0. The molecule has 250 valence electrons. The van der Waals surface area contributed by atoms with Crippen LogP contribution in [0.25, 0.3) is 21.5 Å². The molecule has 0 atom stereocenters. The maximum atomic E-state index is 12.3. The summed E-state index contributed by atoms with van der Waals surface area (Å²) in [4.78, 5) is 32.8. The van der Waals surface area contributed by atoms with Crippen LogP contribution in [0, 0.1) is 0 Å². The second-order valence-corrected chi connectivity index (χ2v) is 12.8. The molecule has 8 N–H and O–H groups in total. The van der Waals surface area contributed by atoms with Gasteiger partial charge in [0.05, 0.1) is 33.1 Å². The molecule has 20 heteroatoms. The number of fused-ring (bicyclic) bond motifs is 2. The lowest BCUT2D eigenvalue weighted by molar-refractivity contribution is 0.0696. The third-order valence-corrected chi connectivity index (χ3v) is 8.50. The number of primary amides is 1. The fraction of sp³-hybridized carbons (Fsp3) is 0. The summed E-state index contributed by atoms with van der Waals surface area (Å²) in [5.41, 5.74) is 3.46. The number of hydrogen-bond donors (Lipinski definition) is 7. The van der Waals surface area contributed by atoms with Crippen LogP contribution < -0.4 is 11.1 Å². The van der Waals surface area contributed by atoms with Crippen LogP contribution in [-0.2, 0) is 20.2 Å². The van der Waals surface area contributed by atoms with E-state index in [1.165, 1.54) is 36.4 Å². The molecule has 0 aliphatic rings. The molecule has 5 aromatic rings. The van der Waals surface area contributed by atoms with E-state index in [1.807, 2.05) is 0 Å². The normalized spacial score (nSPS) is 12.2. The Balaban J connectivity index is 1.68. The van der Waals surface area contributed by atoms with Gasteiger partial charge in [-0.3, -0.25) is 9.11 Å². The molecule has 0 saturated heterocycles. The number of urea groups is 1. The number of nitrogens with two attached hydrogens (primary N) is 1. The molecular formula is C29H20N6O12S2. The highest BCUT2D eigenvalue weighted by Crippen LogP contribution is 2.43. The molecule has 0 unspecified atom stereocenters. The highest BCUT2D eigenvalue weighted by molar-refractivity contribution is 7.86. The molecule has 18 nitrogen and oxygen atoms in total. The first-order valence-corrected chi connectivity index (χ1v) is 16.1. The molecule has 5 aromatic carbocycles. The Morgan fingerprint density at radius 2 is 1.27 bits per heavy atom. The van der Waals surface area contributed by atoms with Gasteiger partial charge in [0.15, 0.2) is 5.75 Å². The van der Waals surface area contributed by atoms with Gasteiger partial charge in [-0.2, -0.15) is 21.9 Å². The van der Waals surface area contributed by atoms with Crippen molar-refractivity contribution in [3.8, 4) is 5.75 Å². The predicted octanol–water partition coefficient (Wildman–Crippen LogP) is 5.91. The Labute approximate surface area is 274 Å². The number of benzene rings is 5. The Bertz CT molecular complexity index is 2500. The van der Waals surface area contributed by atoms with Crippen molar-refractivity contribution < 1.29 is 55.6 Å². The summed E-state index contributed by atoms with van der Waals surface area (Å²) >= 11 is 0. The molecule has 0 radical (unpaired) electrons. The molecule has 0 bridgehead atoms. The number of rotatable bonds is 9. The van der Waals surface area contributed by atoms with Gasteiger partial charge < -0.3 is 26.4 Å². The lowest BCUT2D eigenvalue weighted by Crippen LogP contribution is -2.19. The lowest BCUT2D eigenvalue weighted by atomic mass is 10.1. The average molecular weight is 709 g/mol. The number of phenolic OH excluding ortho intramolecular Hbond substituents is 1. The van der Waals surface area contributed by atoms with Gasteiger partial charge in [0.25, 0.3) is 20.2 Å². The average Bonchev–Trinajstić information content (AvgIpc) is 3.02. The number of carboxylic acids is 2. The summed E-state index contributed by atoms with van der Waals surface area (Å²) in [7, 11) is -9.76. The number of azo groups is 2. The number of carbonyl (C=O) groups excluding carboxylic acids is 1. The van der Waals surface area contributed by atoms with Gasteiger partial charge in [0.2, 0.25) is 0 Å². The first-order chi connectivity index (χ1) is 22.9.